The fourth-order valence-electron chi connectivity index (χ4n) is 2.62. The van der Waals surface area contributed by atoms with Gasteiger partial charge in [0.1, 0.15) is 11.9 Å². The smallest absolute Gasteiger partial charge is 0.123 e. The van der Waals surface area contributed by atoms with Gasteiger partial charge < -0.3 is 10.1 Å². The van der Waals surface area contributed by atoms with E-state index in [2.05, 4.69) is 5.32 Å². The van der Waals surface area contributed by atoms with Gasteiger partial charge in [0.05, 0.1) is 6.04 Å². The first-order valence-corrected chi connectivity index (χ1v) is 7.27. The lowest BCUT2D eigenvalue weighted by atomic mass is 9.92. The maximum Gasteiger partial charge on any atom is 0.123 e. The van der Waals surface area contributed by atoms with Crippen LogP contribution in [0.3, 0.4) is 0 Å². The van der Waals surface area contributed by atoms with Gasteiger partial charge in [0.25, 0.3) is 0 Å². The molecule has 0 radical (unpaired) electrons. The normalized spacial score (nSPS) is 13.9. The predicted molar refractivity (Wildman–Crippen MR) is 83.7 cm³/mol. The molecule has 0 saturated carbocycles. The summed E-state index contributed by atoms with van der Waals surface area (Å²) in [5, 5.41) is 3.28. The van der Waals surface area contributed by atoms with Crippen LogP contribution in [0.25, 0.3) is 0 Å². The summed E-state index contributed by atoms with van der Waals surface area (Å²) < 4.78 is 19.6. The highest BCUT2D eigenvalue weighted by Gasteiger charge is 2.25. The van der Waals surface area contributed by atoms with Crippen molar-refractivity contribution in [2.24, 2.45) is 0 Å². The van der Waals surface area contributed by atoms with E-state index in [0.29, 0.717) is 6.61 Å². The Morgan fingerprint density at radius 3 is 2.48 bits per heavy atom. The molecule has 1 N–H and O–H groups in total. The third-order valence-electron chi connectivity index (χ3n) is 3.66. The molecule has 2 aromatic carbocycles. The van der Waals surface area contributed by atoms with Crippen molar-refractivity contribution in [2.45, 2.75) is 26.0 Å². The van der Waals surface area contributed by atoms with Crippen LogP contribution in [0.5, 0.6) is 0 Å². The summed E-state index contributed by atoms with van der Waals surface area (Å²) in [5.41, 5.74) is 3.07. The van der Waals surface area contributed by atoms with Crippen molar-refractivity contribution in [3.05, 3.63) is 71.0 Å². The van der Waals surface area contributed by atoms with Gasteiger partial charge in [-0.05, 0) is 49.7 Å². The molecule has 0 amide bonds. The Morgan fingerprint density at radius 1 is 1.14 bits per heavy atom. The maximum absolute atomic E-state index is 13.6. The van der Waals surface area contributed by atoms with E-state index < -0.39 is 0 Å². The molecule has 2 rings (SSSR count). The summed E-state index contributed by atoms with van der Waals surface area (Å²) in [7, 11) is 1.88. The molecule has 0 fully saturated rings. The highest BCUT2D eigenvalue weighted by molar-refractivity contribution is 5.33. The lowest BCUT2D eigenvalue weighted by Gasteiger charge is -2.28. The van der Waals surface area contributed by atoms with Crippen molar-refractivity contribution in [2.75, 3.05) is 13.7 Å². The van der Waals surface area contributed by atoms with Gasteiger partial charge in [-0.3, -0.25) is 0 Å². The van der Waals surface area contributed by atoms with E-state index in [1.807, 2.05) is 57.3 Å². The van der Waals surface area contributed by atoms with Gasteiger partial charge in [-0.2, -0.15) is 0 Å². The average molecular weight is 287 g/mol. The van der Waals surface area contributed by atoms with Crippen LogP contribution in [0.1, 0.15) is 35.8 Å². The number of likely N-dealkylation sites (N-methyl/N-ethyl adjacent to an activating group) is 1. The summed E-state index contributed by atoms with van der Waals surface area (Å²) in [5.74, 6) is -0.223. The van der Waals surface area contributed by atoms with Crippen molar-refractivity contribution >= 4 is 0 Å². The largest absolute Gasteiger partial charge is 0.372 e. The molecular formula is C18H22FNO. The topological polar surface area (TPSA) is 21.3 Å². The Hall–Kier alpha value is -1.71. The summed E-state index contributed by atoms with van der Waals surface area (Å²) in [6.07, 6.45) is -0.151. The molecule has 0 aliphatic rings. The Bertz CT molecular complexity index is 571. The molecule has 0 spiro atoms. The first-order chi connectivity index (χ1) is 10.2. The fourth-order valence-corrected chi connectivity index (χ4v) is 2.62. The zero-order valence-corrected chi connectivity index (χ0v) is 12.8. The quantitative estimate of drug-likeness (QED) is 0.861. The Kier molecular flexibility index (Phi) is 5.48. The van der Waals surface area contributed by atoms with Gasteiger partial charge in [0.15, 0.2) is 0 Å². The number of aryl methyl sites for hydroxylation is 1. The van der Waals surface area contributed by atoms with E-state index in [0.717, 1.165) is 16.7 Å². The van der Waals surface area contributed by atoms with E-state index in [9.17, 15) is 4.39 Å². The second-order valence-corrected chi connectivity index (χ2v) is 5.05. The standard InChI is InChI=1S/C18H22FNO/c1-4-21-18(14-8-6-5-7-9-14)17(20-3)16-12-15(19)11-10-13(16)2/h5-12,17-18,20H,4H2,1-3H3. The molecule has 0 aromatic heterocycles. The van der Waals surface area contributed by atoms with Gasteiger partial charge in [-0.1, -0.05) is 36.4 Å². The van der Waals surface area contributed by atoms with E-state index in [4.69, 9.17) is 4.74 Å². The van der Waals surface area contributed by atoms with Crippen LogP contribution in [0.2, 0.25) is 0 Å². The van der Waals surface area contributed by atoms with Crippen molar-refractivity contribution in [3.8, 4) is 0 Å². The number of nitrogens with one attached hydrogen (secondary N) is 1. The highest BCUT2D eigenvalue weighted by atomic mass is 19.1. The average Bonchev–Trinajstić information content (AvgIpc) is 2.51. The highest BCUT2D eigenvalue weighted by Crippen LogP contribution is 2.33. The third-order valence-corrected chi connectivity index (χ3v) is 3.66. The van der Waals surface area contributed by atoms with Crippen LogP contribution < -0.4 is 5.32 Å². The minimum atomic E-state index is -0.223. The molecule has 2 atom stereocenters. The first kappa shape index (κ1) is 15.7. The van der Waals surface area contributed by atoms with E-state index in [1.54, 1.807) is 6.07 Å². The van der Waals surface area contributed by atoms with Crippen molar-refractivity contribution in [1.29, 1.82) is 0 Å². The van der Waals surface area contributed by atoms with Gasteiger partial charge in [0, 0.05) is 6.61 Å². The molecular weight excluding hydrogens is 265 g/mol. The van der Waals surface area contributed by atoms with E-state index in [-0.39, 0.29) is 18.0 Å². The fraction of sp³-hybridized carbons (Fsp3) is 0.333. The van der Waals surface area contributed by atoms with Gasteiger partial charge in [0.2, 0.25) is 0 Å². The second kappa shape index (κ2) is 7.34. The van der Waals surface area contributed by atoms with Crippen LogP contribution in [0.15, 0.2) is 48.5 Å². The first-order valence-electron chi connectivity index (χ1n) is 7.27. The summed E-state index contributed by atoms with van der Waals surface area (Å²) in [6, 6.07) is 14.8. The van der Waals surface area contributed by atoms with Gasteiger partial charge in [-0.25, -0.2) is 4.39 Å². The van der Waals surface area contributed by atoms with Crippen molar-refractivity contribution in [3.63, 3.8) is 0 Å². The van der Waals surface area contributed by atoms with Crippen LogP contribution >= 0.6 is 0 Å². The number of ether oxygens (including phenoxy) is 1. The van der Waals surface area contributed by atoms with Gasteiger partial charge in [-0.15, -0.1) is 0 Å². The van der Waals surface area contributed by atoms with Crippen LogP contribution in [0, 0.1) is 12.7 Å². The van der Waals surface area contributed by atoms with E-state index >= 15 is 0 Å². The summed E-state index contributed by atoms with van der Waals surface area (Å²) in [4.78, 5) is 0. The summed E-state index contributed by atoms with van der Waals surface area (Å²) >= 11 is 0. The molecule has 2 nitrogen and oxygen atoms in total. The zero-order chi connectivity index (χ0) is 15.2. The van der Waals surface area contributed by atoms with Gasteiger partial charge >= 0.3 is 0 Å². The molecule has 0 heterocycles. The van der Waals surface area contributed by atoms with Crippen molar-refractivity contribution < 1.29 is 9.13 Å². The molecule has 0 saturated heterocycles. The third kappa shape index (κ3) is 3.69. The van der Waals surface area contributed by atoms with Crippen LogP contribution in [0.4, 0.5) is 4.39 Å². The van der Waals surface area contributed by atoms with Crippen molar-refractivity contribution in [1.82, 2.24) is 5.32 Å². The number of hydrogen-bond acceptors (Lipinski definition) is 2. The molecule has 0 aliphatic heterocycles. The predicted octanol–water partition coefficient (Wildman–Crippen LogP) is 4.17. The summed E-state index contributed by atoms with van der Waals surface area (Å²) in [6.45, 7) is 4.57. The zero-order valence-electron chi connectivity index (χ0n) is 12.8. The second-order valence-electron chi connectivity index (χ2n) is 5.05. The van der Waals surface area contributed by atoms with Crippen LogP contribution in [-0.2, 0) is 4.74 Å². The lowest BCUT2D eigenvalue weighted by molar-refractivity contribution is 0.0345. The Morgan fingerprint density at radius 2 is 1.86 bits per heavy atom. The monoisotopic (exact) mass is 287 g/mol. The lowest BCUT2D eigenvalue weighted by Crippen LogP contribution is -2.26. The Labute approximate surface area is 126 Å². The molecule has 0 aliphatic carbocycles. The number of halogens is 1. The number of hydrogen-bond donors (Lipinski definition) is 1. The SMILES string of the molecule is CCOC(c1ccccc1)C(NC)c1cc(F)ccc1C. The molecule has 112 valence electrons. The molecule has 0 bridgehead atoms. The molecule has 3 heteroatoms. The molecule has 2 aromatic rings. The van der Waals surface area contributed by atoms with E-state index in [1.165, 1.54) is 6.07 Å². The minimum Gasteiger partial charge on any atom is -0.372 e. The number of benzene rings is 2. The Balaban J connectivity index is 2.43. The number of rotatable bonds is 6. The molecule has 21 heavy (non-hydrogen) atoms. The maximum atomic E-state index is 13.6. The van der Waals surface area contributed by atoms with Crippen LogP contribution in [-0.4, -0.2) is 13.7 Å². The minimum absolute atomic E-state index is 0.0944. The molecule has 2 unspecified atom stereocenters.